The number of halogens is 1. The highest BCUT2D eigenvalue weighted by atomic mass is 19.1. The summed E-state index contributed by atoms with van der Waals surface area (Å²) in [5, 5.41) is 2.71. The molecule has 0 spiro atoms. The zero-order chi connectivity index (χ0) is 18.0. The molecule has 5 nitrogen and oxygen atoms in total. The molecule has 3 rings (SSSR count). The fraction of sp³-hybridized carbons (Fsp3) is 0.263. The van der Waals surface area contributed by atoms with Gasteiger partial charge >= 0.3 is 6.09 Å². The molecule has 0 aliphatic rings. The lowest BCUT2D eigenvalue weighted by Gasteiger charge is -2.23. The number of carbonyl (C=O) groups is 1. The second-order valence-corrected chi connectivity index (χ2v) is 6.74. The van der Waals surface area contributed by atoms with E-state index in [9.17, 15) is 9.18 Å². The second kappa shape index (κ2) is 6.55. The number of H-pyrrole nitrogens is 1. The maximum absolute atomic E-state index is 14.3. The van der Waals surface area contributed by atoms with Crippen LogP contribution in [-0.4, -0.2) is 21.7 Å². The molecular weight excluding hydrogens is 321 g/mol. The number of hydrogen-bond donors (Lipinski definition) is 2. The molecule has 1 aromatic heterocycles. The third-order valence-electron chi connectivity index (χ3n) is 3.56. The first-order valence-corrected chi connectivity index (χ1v) is 8.02. The Morgan fingerprint density at radius 2 is 1.84 bits per heavy atom. The molecule has 0 aliphatic carbocycles. The topological polar surface area (TPSA) is 67.0 Å². The van der Waals surface area contributed by atoms with Gasteiger partial charge in [0.2, 0.25) is 0 Å². The van der Waals surface area contributed by atoms with Gasteiger partial charge in [-0.15, -0.1) is 0 Å². The van der Waals surface area contributed by atoms with Crippen molar-refractivity contribution >= 4 is 17.1 Å². The number of rotatable bonds is 3. The summed E-state index contributed by atoms with van der Waals surface area (Å²) >= 11 is 0. The van der Waals surface area contributed by atoms with Crippen molar-refractivity contribution < 1.29 is 13.9 Å². The summed E-state index contributed by atoms with van der Waals surface area (Å²) in [5.74, 6) is 0.0150. The SMILES string of the molecule is CC(C)(C)OC(=O)NC(c1nc2ccccc2[nH]1)c1ccccc1F. The van der Waals surface area contributed by atoms with Crippen LogP contribution in [0.1, 0.15) is 38.2 Å². The van der Waals surface area contributed by atoms with Gasteiger partial charge in [0.1, 0.15) is 23.3 Å². The monoisotopic (exact) mass is 341 g/mol. The molecule has 6 heteroatoms. The Kier molecular flexibility index (Phi) is 4.44. The van der Waals surface area contributed by atoms with Crippen molar-refractivity contribution in [1.29, 1.82) is 0 Å². The van der Waals surface area contributed by atoms with Crippen LogP contribution in [-0.2, 0) is 4.74 Å². The Balaban J connectivity index is 2.00. The first-order chi connectivity index (χ1) is 11.8. The normalized spacial score (nSPS) is 12.8. The van der Waals surface area contributed by atoms with Crippen molar-refractivity contribution in [3.05, 3.63) is 65.7 Å². The van der Waals surface area contributed by atoms with Crippen LogP contribution in [0, 0.1) is 5.82 Å². The van der Waals surface area contributed by atoms with E-state index in [1.165, 1.54) is 6.07 Å². The summed E-state index contributed by atoms with van der Waals surface area (Å²) in [5.41, 5.74) is 1.21. The number of imidazole rings is 1. The van der Waals surface area contributed by atoms with Gasteiger partial charge in [-0.05, 0) is 39.0 Å². The van der Waals surface area contributed by atoms with Gasteiger partial charge in [-0.1, -0.05) is 30.3 Å². The predicted molar refractivity (Wildman–Crippen MR) is 93.7 cm³/mol. The molecule has 0 radical (unpaired) electrons. The number of hydrogen-bond acceptors (Lipinski definition) is 3. The number of amides is 1. The number of nitrogens with one attached hydrogen (secondary N) is 2. The van der Waals surface area contributed by atoms with Gasteiger partial charge < -0.3 is 15.0 Å². The molecule has 0 saturated heterocycles. The van der Waals surface area contributed by atoms with Gasteiger partial charge in [0.25, 0.3) is 0 Å². The minimum absolute atomic E-state index is 0.312. The second-order valence-electron chi connectivity index (χ2n) is 6.74. The van der Waals surface area contributed by atoms with E-state index in [4.69, 9.17) is 4.74 Å². The van der Waals surface area contributed by atoms with Crippen LogP contribution in [0.25, 0.3) is 11.0 Å². The molecule has 0 aliphatic heterocycles. The number of ether oxygens (including phenoxy) is 1. The number of aromatic amines is 1. The average molecular weight is 341 g/mol. The van der Waals surface area contributed by atoms with Crippen LogP contribution in [0.15, 0.2) is 48.5 Å². The van der Waals surface area contributed by atoms with Crippen LogP contribution in [0.5, 0.6) is 0 Å². The summed E-state index contributed by atoms with van der Waals surface area (Å²) in [4.78, 5) is 19.9. The number of fused-ring (bicyclic) bond motifs is 1. The number of nitrogens with zero attached hydrogens (tertiary/aromatic N) is 1. The summed E-state index contributed by atoms with van der Waals surface area (Å²) in [6.45, 7) is 5.31. The smallest absolute Gasteiger partial charge is 0.408 e. The maximum atomic E-state index is 14.3. The minimum Gasteiger partial charge on any atom is -0.444 e. The van der Waals surface area contributed by atoms with Crippen LogP contribution < -0.4 is 5.32 Å². The van der Waals surface area contributed by atoms with E-state index in [1.54, 1.807) is 39.0 Å². The summed E-state index contributed by atoms with van der Waals surface area (Å²) < 4.78 is 19.6. The Bertz CT molecular complexity index is 866. The number of benzene rings is 2. The molecule has 2 aromatic carbocycles. The molecule has 25 heavy (non-hydrogen) atoms. The van der Waals surface area contributed by atoms with E-state index in [1.807, 2.05) is 24.3 Å². The van der Waals surface area contributed by atoms with Gasteiger partial charge in [-0.2, -0.15) is 0 Å². The minimum atomic E-state index is -0.788. The zero-order valence-electron chi connectivity index (χ0n) is 14.3. The molecule has 3 aromatic rings. The molecule has 1 unspecified atom stereocenters. The van der Waals surface area contributed by atoms with Crippen molar-refractivity contribution in [2.75, 3.05) is 0 Å². The zero-order valence-corrected chi connectivity index (χ0v) is 14.3. The fourth-order valence-corrected chi connectivity index (χ4v) is 2.54. The lowest BCUT2D eigenvalue weighted by atomic mass is 10.1. The molecule has 2 N–H and O–H groups in total. The first kappa shape index (κ1) is 17.0. The molecule has 1 amide bonds. The molecule has 0 bridgehead atoms. The molecule has 1 heterocycles. The Morgan fingerprint density at radius 1 is 1.16 bits per heavy atom. The largest absolute Gasteiger partial charge is 0.444 e. The van der Waals surface area contributed by atoms with E-state index in [0.717, 1.165) is 11.0 Å². The number of para-hydroxylation sites is 2. The summed E-state index contributed by atoms with van der Waals surface area (Å²) in [6.07, 6.45) is -0.638. The highest BCUT2D eigenvalue weighted by Gasteiger charge is 2.26. The van der Waals surface area contributed by atoms with Crippen molar-refractivity contribution in [2.45, 2.75) is 32.4 Å². The van der Waals surface area contributed by atoms with E-state index in [0.29, 0.717) is 11.4 Å². The molecular formula is C19H20FN3O2. The van der Waals surface area contributed by atoms with E-state index >= 15 is 0 Å². The van der Waals surface area contributed by atoms with E-state index < -0.39 is 23.6 Å². The highest BCUT2D eigenvalue weighted by Crippen LogP contribution is 2.25. The van der Waals surface area contributed by atoms with Crippen LogP contribution in [0.3, 0.4) is 0 Å². The first-order valence-electron chi connectivity index (χ1n) is 8.02. The molecule has 1 atom stereocenters. The maximum Gasteiger partial charge on any atom is 0.408 e. The van der Waals surface area contributed by atoms with E-state index in [2.05, 4.69) is 15.3 Å². The van der Waals surface area contributed by atoms with Crippen molar-refractivity contribution in [1.82, 2.24) is 15.3 Å². The van der Waals surface area contributed by atoms with Crippen molar-refractivity contribution in [3.8, 4) is 0 Å². The predicted octanol–water partition coefficient (Wildman–Crippen LogP) is 4.32. The molecule has 0 saturated carbocycles. The van der Waals surface area contributed by atoms with Crippen LogP contribution >= 0.6 is 0 Å². The van der Waals surface area contributed by atoms with Crippen molar-refractivity contribution in [2.24, 2.45) is 0 Å². The summed E-state index contributed by atoms with van der Waals surface area (Å²) in [7, 11) is 0. The number of aromatic nitrogens is 2. The van der Waals surface area contributed by atoms with Gasteiger partial charge in [-0.3, -0.25) is 0 Å². The van der Waals surface area contributed by atoms with Gasteiger partial charge in [0.15, 0.2) is 0 Å². The Morgan fingerprint density at radius 3 is 2.52 bits per heavy atom. The third-order valence-corrected chi connectivity index (χ3v) is 3.56. The lowest BCUT2D eigenvalue weighted by Crippen LogP contribution is -2.36. The highest BCUT2D eigenvalue weighted by molar-refractivity contribution is 5.75. The Hall–Kier alpha value is -2.89. The van der Waals surface area contributed by atoms with E-state index in [-0.39, 0.29) is 0 Å². The Labute approximate surface area is 145 Å². The molecule has 130 valence electrons. The van der Waals surface area contributed by atoms with Crippen molar-refractivity contribution in [3.63, 3.8) is 0 Å². The molecule has 0 fully saturated rings. The number of alkyl carbamates (subject to hydrolysis) is 1. The summed E-state index contributed by atoms with van der Waals surface area (Å²) in [6, 6.07) is 13.0. The van der Waals surface area contributed by atoms with Crippen LogP contribution in [0.2, 0.25) is 0 Å². The van der Waals surface area contributed by atoms with Gasteiger partial charge in [0, 0.05) is 5.56 Å². The standard InChI is InChI=1S/C19H20FN3O2/c1-19(2,3)25-18(24)23-16(12-8-4-5-9-13(12)20)17-21-14-10-6-7-11-15(14)22-17/h4-11,16H,1-3H3,(H,21,22)(H,23,24). The fourth-order valence-electron chi connectivity index (χ4n) is 2.54. The van der Waals surface area contributed by atoms with Gasteiger partial charge in [0.05, 0.1) is 11.0 Å². The quantitative estimate of drug-likeness (QED) is 0.746. The average Bonchev–Trinajstić information content (AvgIpc) is 2.95. The lowest BCUT2D eigenvalue weighted by molar-refractivity contribution is 0.0510. The third kappa shape index (κ3) is 3.96. The van der Waals surface area contributed by atoms with Gasteiger partial charge in [-0.25, -0.2) is 14.2 Å². The number of carbonyl (C=O) groups excluding carboxylic acids is 1. The van der Waals surface area contributed by atoms with Crippen LogP contribution in [0.4, 0.5) is 9.18 Å².